The largest absolute Gasteiger partial charge is 0.378 e. The summed E-state index contributed by atoms with van der Waals surface area (Å²) in [4.78, 5) is 7.01. The van der Waals surface area contributed by atoms with Gasteiger partial charge >= 0.3 is 0 Å². The fraction of sp³-hybridized carbons (Fsp3) is 0.176. The number of rotatable bonds is 5. The van der Waals surface area contributed by atoms with Gasteiger partial charge in [-0.1, -0.05) is 49.4 Å². The van der Waals surface area contributed by atoms with Crippen molar-refractivity contribution in [1.29, 1.82) is 0 Å². The van der Waals surface area contributed by atoms with E-state index in [4.69, 9.17) is 4.98 Å². The van der Waals surface area contributed by atoms with Crippen molar-refractivity contribution in [2.45, 2.75) is 26.3 Å². The van der Waals surface area contributed by atoms with Crippen LogP contribution < -0.4 is 9.47 Å². The highest BCUT2D eigenvalue weighted by Crippen LogP contribution is 2.38. The molecule has 0 atom stereocenters. The van der Waals surface area contributed by atoms with Crippen molar-refractivity contribution >= 4 is 28.6 Å². The van der Waals surface area contributed by atoms with E-state index in [0.717, 1.165) is 30.6 Å². The summed E-state index contributed by atoms with van der Waals surface area (Å²) in [6.07, 6.45) is 10.6. The Morgan fingerprint density at radius 3 is 2.49 bits per heavy atom. The molecule has 5 aromatic rings. The zero-order valence-corrected chi connectivity index (χ0v) is 21.8. The van der Waals surface area contributed by atoms with Crippen LogP contribution in [-0.4, -0.2) is 19.1 Å². The Morgan fingerprint density at radius 2 is 1.65 bits per heavy atom. The fourth-order valence-corrected chi connectivity index (χ4v) is 5.43. The molecular formula is C34H32N3+. The van der Waals surface area contributed by atoms with Crippen LogP contribution in [0.3, 0.4) is 0 Å². The molecule has 3 aromatic carbocycles. The van der Waals surface area contributed by atoms with Crippen molar-refractivity contribution < 1.29 is 4.57 Å². The van der Waals surface area contributed by atoms with Crippen LogP contribution in [0.25, 0.3) is 45.4 Å². The Hall–Kier alpha value is -4.24. The molecule has 182 valence electrons. The minimum absolute atomic E-state index is 0.976. The lowest BCUT2D eigenvalue weighted by atomic mass is 9.86. The van der Waals surface area contributed by atoms with Crippen LogP contribution in [0.5, 0.6) is 0 Å². The Balaban J connectivity index is 1.38. The van der Waals surface area contributed by atoms with Gasteiger partial charge < -0.3 is 4.90 Å². The third kappa shape index (κ3) is 4.42. The second kappa shape index (κ2) is 9.67. The van der Waals surface area contributed by atoms with Gasteiger partial charge in [0.2, 0.25) is 5.69 Å². The molecule has 6 rings (SSSR count). The number of hydrogen-bond donors (Lipinski definition) is 0. The molecule has 2 aromatic heterocycles. The number of benzene rings is 3. The van der Waals surface area contributed by atoms with Crippen LogP contribution in [0.2, 0.25) is 0 Å². The maximum atomic E-state index is 4.87. The van der Waals surface area contributed by atoms with E-state index in [1.165, 1.54) is 50.0 Å². The highest BCUT2D eigenvalue weighted by Gasteiger charge is 2.27. The second-order valence-electron chi connectivity index (χ2n) is 10.0. The Labute approximate surface area is 219 Å². The van der Waals surface area contributed by atoms with Gasteiger partial charge in [-0.05, 0) is 75.8 Å². The van der Waals surface area contributed by atoms with E-state index in [1.54, 1.807) is 0 Å². The van der Waals surface area contributed by atoms with Crippen molar-refractivity contribution in [3.63, 3.8) is 0 Å². The standard InChI is InChI=1S/C34H32N3/c1-4-26-12-13-27-17-20-37-19-6-5-7-32(37)34(27)33(26)31-22-25(16-18-35-31)9-8-24-10-11-29-23-30(36(2)3)15-14-28(29)21-24/h5-16,18-19,21-23H,4,17,20H2,1-3H3/q+1/b9-8+. The van der Waals surface area contributed by atoms with E-state index in [0.29, 0.717) is 0 Å². The molecule has 0 fully saturated rings. The molecule has 0 bridgehead atoms. The molecule has 3 nitrogen and oxygen atoms in total. The van der Waals surface area contributed by atoms with Gasteiger partial charge in [0.15, 0.2) is 12.7 Å². The van der Waals surface area contributed by atoms with E-state index in [-0.39, 0.29) is 0 Å². The summed E-state index contributed by atoms with van der Waals surface area (Å²) in [6, 6.07) is 28.7. The first-order chi connectivity index (χ1) is 18.1. The summed E-state index contributed by atoms with van der Waals surface area (Å²) in [5, 5.41) is 2.51. The summed E-state index contributed by atoms with van der Waals surface area (Å²) in [5.74, 6) is 0. The van der Waals surface area contributed by atoms with Gasteiger partial charge in [0.25, 0.3) is 0 Å². The third-order valence-corrected chi connectivity index (χ3v) is 7.45. The van der Waals surface area contributed by atoms with E-state index >= 15 is 0 Å². The predicted molar refractivity (Wildman–Crippen MR) is 156 cm³/mol. The van der Waals surface area contributed by atoms with Crippen LogP contribution in [0, 0.1) is 0 Å². The predicted octanol–water partition coefficient (Wildman–Crippen LogP) is 7.21. The lowest BCUT2D eigenvalue weighted by Crippen LogP contribution is -2.40. The van der Waals surface area contributed by atoms with Crippen molar-refractivity contribution in [2.75, 3.05) is 19.0 Å². The Kier molecular flexibility index (Phi) is 6.05. The zero-order chi connectivity index (χ0) is 25.4. The van der Waals surface area contributed by atoms with Gasteiger partial charge in [0.1, 0.15) is 0 Å². The molecule has 0 unspecified atom stereocenters. The highest BCUT2D eigenvalue weighted by molar-refractivity contribution is 5.89. The molecule has 3 heterocycles. The third-order valence-electron chi connectivity index (χ3n) is 7.45. The van der Waals surface area contributed by atoms with E-state index < -0.39 is 0 Å². The number of aromatic nitrogens is 2. The molecule has 1 aliphatic rings. The average Bonchev–Trinajstić information content (AvgIpc) is 2.95. The molecule has 0 radical (unpaired) electrons. The first-order valence-corrected chi connectivity index (χ1v) is 13.1. The normalized spacial score (nSPS) is 12.5. The number of aryl methyl sites for hydroxylation is 3. The molecule has 0 amide bonds. The Bertz CT molecular complexity index is 1650. The van der Waals surface area contributed by atoms with Crippen LogP contribution in [-0.2, 0) is 19.4 Å². The first-order valence-electron chi connectivity index (χ1n) is 13.1. The van der Waals surface area contributed by atoms with Gasteiger partial charge in [-0.2, -0.15) is 4.57 Å². The fourth-order valence-electron chi connectivity index (χ4n) is 5.43. The molecule has 1 aliphatic heterocycles. The van der Waals surface area contributed by atoms with Crippen LogP contribution in [0.15, 0.2) is 91.3 Å². The molecule has 0 saturated carbocycles. The molecule has 0 N–H and O–H groups in total. The molecule has 0 aliphatic carbocycles. The van der Waals surface area contributed by atoms with Gasteiger partial charge in [-0.15, -0.1) is 0 Å². The van der Waals surface area contributed by atoms with Gasteiger partial charge in [0, 0.05) is 50.1 Å². The summed E-state index contributed by atoms with van der Waals surface area (Å²) in [5.41, 5.74) is 11.3. The summed E-state index contributed by atoms with van der Waals surface area (Å²) < 4.78 is 2.37. The van der Waals surface area contributed by atoms with E-state index in [9.17, 15) is 0 Å². The van der Waals surface area contributed by atoms with Gasteiger partial charge in [0.05, 0.1) is 11.3 Å². The quantitative estimate of drug-likeness (QED) is 0.247. The van der Waals surface area contributed by atoms with Crippen molar-refractivity contribution in [3.8, 4) is 22.5 Å². The lowest BCUT2D eigenvalue weighted by Gasteiger charge is -2.20. The number of hydrogen-bond acceptors (Lipinski definition) is 2. The van der Waals surface area contributed by atoms with Crippen molar-refractivity contribution in [3.05, 3.63) is 114 Å². The molecule has 0 saturated heterocycles. The minimum atomic E-state index is 0.976. The average molecular weight is 483 g/mol. The van der Waals surface area contributed by atoms with Gasteiger partial charge in [-0.25, -0.2) is 0 Å². The van der Waals surface area contributed by atoms with Crippen molar-refractivity contribution in [1.82, 2.24) is 4.98 Å². The molecule has 3 heteroatoms. The first kappa shape index (κ1) is 23.2. The van der Waals surface area contributed by atoms with Gasteiger partial charge in [-0.3, -0.25) is 4.98 Å². The SMILES string of the molecule is CCc1ccc2c(c1-c1cc(/C=C/c3ccc4cc(N(C)C)ccc4c3)ccn1)-c1cccc[n+]1CC2. The summed E-state index contributed by atoms with van der Waals surface area (Å²) >= 11 is 0. The topological polar surface area (TPSA) is 20.0 Å². The monoisotopic (exact) mass is 482 g/mol. The highest BCUT2D eigenvalue weighted by atomic mass is 15.1. The Morgan fingerprint density at radius 1 is 0.838 bits per heavy atom. The van der Waals surface area contributed by atoms with Crippen LogP contribution >= 0.6 is 0 Å². The summed E-state index contributed by atoms with van der Waals surface area (Å²) in [7, 11) is 4.15. The number of nitrogens with zero attached hydrogens (tertiary/aromatic N) is 3. The maximum Gasteiger partial charge on any atom is 0.213 e. The second-order valence-corrected chi connectivity index (χ2v) is 10.0. The zero-order valence-electron chi connectivity index (χ0n) is 21.8. The lowest BCUT2D eigenvalue weighted by molar-refractivity contribution is -0.687. The molecular weight excluding hydrogens is 450 g/mol. The number of fused-ring (bicyclic) bond motifs is 4. The maximum absolute atomic E-state index is 4.87. The van der Waals surface area contributed by atoms with Crippen molar-refractivity contribution in [2.24, 2.45) is 0 Å². The molecule has 0 spiro atoms. The number of pyridine rings is 2. The smallest absolute Gasteiger partial charge is 0.213 e. The van der Waals surface area contributed by atoms with Crippen LogP contribution in [0.1, 0.15) is 29.2 Å². The number of anilines is 1. The summed E-state index contributed by atoms with van der Waals surface area (Å²) in [6.45, 7) is 3.25. The van der Waals surface area contributed by atoms with E-state index in [1.807, 2.05) is 6.20 Å². The minimum Gasteiger partial charge on any atom is -0.378 e. The van der Waals surface area contributed by atoms with E-state index in [2.05, 4.69) is 128 Å². The van der Waals surface area contributed by atoms with Crippen LogP contribution in [0.4, 0.5) is 5.69 Å². The molecule has 37 heavy (non-hydrogen) atoms.